The van der Waals surface area contributed by atoms with Crippen molar-refractivity contribution in [2.45, 2.75) is 71.0 Å². The predicted molar refractivity (Wildman–Crippen MR) is 113 cm³/mol. The summed E-state index contributed by atoms with van der Waals surface area (Å²) >= 11 is 0. The first-order valence-electron chi connectivity index (χ1n) is 11.2. The Hall–Kier alpha value is -1.65. The molecular weight excluding hydrogens is 346 g/mol. The lowest BCUT2D eigenvalue weighted by molar-refractivity contribution is 0.0755. The van der Waals surface area contributed by atoms with E-state index in [0.29, 0.717) is 0 Å². The van der Waals surface area contributed by atoms with Crippen LogP contribution < -0.4 is 0 Å². The normalized spacial score (nSPS) is 22.0. The van der Waals surface area contributed by atoms with Gasteiger partial charge in [-0.3, -0.25) is 9.88 Å². The van der Waals surface area contributed by atoms with Crippen molar-refractivity contribution in [2.75, 3.05) is 19.6 Å². The van der Waals surface area contributed by atoms with E-state index < -0.39 is 0 Å². The number of pyridine rings is 1. The molecule has 1 aliphatic carbocycles. The average Bonchev–Trinajstić information content (AvgIpc) is 3.14. The Labute approximate surface area is 169 Å². The highest BCUT2D eigenvalue weighted by Gasteiger charge is 2.28. The van der Waals surface area contributed by atoms with Gasteiger partial charge >= 0.3 is 0 Å². The van der Waals surface area contributed by atoms with Crippen molar-refractivity contribution in [2.24, 2.45) is 5.92 Å². The third-order valence-corrected chi connectivity index (χ3v) is 6.46. The summed E-state index contributed by atoms with van der Waals surface area (Å²) in [6.07, 6.45) is 13.7. The van der Waals surface area contributed by atoms with E-state index in [0.717, 1.165) is 43.1 Å². The molecule has 4 rings (SSSR count). The van der Waals surface area contributed by atoms with Gasteiger partial charge < -0.3 is 9.32 Å². The minimum Gasteiger partial charge on any atom is -0.465 e. The topological polar surface area (TPSA) is 32.5 Å². The van der Waals surface area contributed by atoms with Crippen molar-refractivity contribution in [3.05, 3.63) is 53.7 Å². The highest BCUT2D eigenvalue weighted by molar-refractivity contribution is 5.10. The van der Waals surface area contributed by atoms with Crippen LogP contribution in [0.4, 0.5) is 0 Å². The predicted octanol–water partition coefficient (Wildman–Crippen LogP) is 5.03. The molecule has 2 aliphatic rings. The summed E-state index contributed by atoms with van der Waals surface area (Å²) in [5.41, 5.74) is 1.28. The standard InChI is InChI=1S/C24H35N3O/c1-20-11-12-24(28-20)19-26(16-21-7-5-13-25-15-21)17-22-8-6-14-27(18-22)23-9-3-2-4-10-23/h5,7,11-13,15,22-23H,2-4,6,8-10,14,16-19H2,1H3/t22-/m0/s1. The third kappa shape index (κ3) is 5.45. The number of nitrogens with zero attached hydrogens (tertiary/aromatic N) is 3. The maximum absolute atomic E-state index is 5.89. The van der Waals surface area contributed by atoms with E-state index in [4.69, 9.17) is 4.42 Å². The molecule has 1 saturated heterocycles. The van der Waals surface area contributed by atoms with Crippen LogP contribution in [0.15, 0.2) is 41.1 Å². The van der Waals surface area contributed by atoms with Crippen LogP contribution in [-0.2, 0) is 13.1 Å². The zero-order chi connectivity index (χ0) is 19.2. The summed E-state index contributed by atoms with van der Waals surface area (Å²) in [5.74, 6) is 2.82. The van der Waals surface area contributed by atoms with Gasteiger partial charge in [0.15, 0.2) is 0 Å². The van der Waals surface area contributed by atoms with Gasteiger partial charge in [-0.15, -0.1) is 0 Å². The molecule has 3 heterocycles. The monoisotopic (exact) mass is 381 g/mol. The van der Waals surface area contributed by atoms with Crippen molar-refractivity contribution in [1.82, 2.24) is 14.8 Å². The summed E-state index contributed by atoms with van der Waals surface area (Å²) in [5, 5.41) is 0. The van der Waals surface area contributed by atoms with Gasteiger partial charge in [-0.1, -0.05) is 25.3 Å². The van der Waals surface area contributed by atoms with Crippen LogP contribution in [0.2, 0.25) is 0 Å². The minimum atomic E-state index is 0.753. The van der Waals surface area contributed by atoms with Crippen LogP contribution in [0.5, 0.6) is 0 Å². The molecule has 0 spiro atoms. The zero-order valence-corrected chi connectivity index (χ0v) is 17.4. The number of likely N-dealkylation sites (tertiary alicyclic amines) is 1. The lowest BCUT2D eigenvalue weighted by Gasteiger charge is -2.41. The maximum Gasteiger partial charge on any atom is 0.118 e. The molecule has 4 heteroatoms. The lowest BCUT2D eigenvalue weighted by atomic mass is 9.90. The van der Waals surface area contributed by atoms with E-state index in [-0.39, 0.29) is 0 Å². The quantitative estimate of drug-likeness (QED) is 0.673. The van der Waals surface area contributed by atoms with Gasteiger partial charge in [-0.25, -0.2) is 0 Å². The Balaban J connectivity index is 1.40. The highest BCUT2D eigenvalue weighted by atomic mass is 16.3. The number of furan rings is 1. The van der Waals surface area contributed by atoms with Crippen molar-refractivity contribution in [3.63, 3.8) is 0 Å². The molecule has 0 unspecified atom stereocenters. The van der Waals surface area contributed by atoms with Crippen LogP contribution in [0.3, 0.4) is 0 Å². The van der Waals surface area contributed by atoms with E-state index in [1.54, 1.807) is 0 Å². The largest absolute Gasteiger partial charge is 0.465 e. The molecule has 152 valence electrons. The number of piperidine rings is 1. The number of aryl methyl sites for hydroxylation is 1. The Morgan fingerprint density at radius 2 is 1.96 bits per heavy atom. The lowest BCUT2D eigenvalue weighted by Crippen LogP contribution is -2.46. The fraction of sp³-hybridized carbons (Fsp3) is 0.625. The van der Waals surface area contributed by atoms with E-state index >= 15 is 0 Å². The molecule has 0 amide bonds. The van der Waals surface area contributed by atoms with Gasteiger partial charge in [-0.2, -0.15) is 0 Å². The molecule has 2 aromatic rings. The van der Waals surface area contributed by atoms with Crippen LogP contribution in [0.1, 0.15) is 62.0 Å². The summed E-state index contributed by atoms with van der Waals surface area (Å²) in [6.45, 7) is 7.55. The van der Waals surface area contributed by atoms with Crippen molar-refractivity contribution in [3.8, 4) is 0 Å². The van der Waals surface area contributed by atoms with Gasteiger partial charge in [0, 0.05) is 38.1 Å². The Morgan fingerprint density at radius 1 is 1.07 bits per heavy atom. The Kier molecular flexibility index (Phi) is 6.81. The Bertz CT molecular complexity index is 708. The molecule has 2 aromatic heterocycles. The summed E-state index contributed by atoms with van der Waals surface area (Å²) in [7, 11) is 0. The maximum atomic E-state index is 5.89. The average molecular weight is 382 g/mol. The first-order chi connectivity index (χ1) is 13.8. The van der Waals surface area contributed by atoms with Crippen LogP contribution >= 0.6 is 0 Å². The molecule has 0 N–H and O–H groups in total. The second-order valence-electron chi connectivity index (χ2n) is 8.84. The fourth-order valence-electron chi connectivity index (χ4n) is 5.11. The van der Waals surface area contributed by atoms with Gasteiger partial charge in [0.1, 0.15) is 11.5 Å². The molecule has 28 heavy (non-hydrogen) atoms. The van der Waals surface area contributed by atoms with E-state index in [1.165, 1.54) is 63.6 Å². The van der Waals surface area contributed by atoms with E-state index in [2.05, 4.69) is 33.0 Å². The van der Waals surface area contributed by atoms with Crippen LogP contribution in [-0.4, -0.2) is 40.5 Å². The number of aromatic nitrogens is 1. The number of hydrogen-bond acceptors (Lipinski definition) is 4. The molecule has 1 saturated carbocycles. The molecule has 4 nitrogen and oxygen atoms in total. The van der Waals surface area contributed by atoms with Crippen LogP contribution in [0, 0.1) is 12.8 Å². The second kappa shape index (κ2) is 9.71. The van der Waals surface area contributed by atoms with Gasteiger partial charge in [0.25, 0.3) is 0 Å². The molecular formula is C24H35N3O. The number of rotatable bonds is 7. The zero-order valence-electron chi connectivity index (χ0n) is 17.4. The smallest absolute Gasteiger partial charge is 0.118 e. The van der Waals surface area contributed by atoms with Crippen molar-refractivity contribution in [1.29, 1.82) is 0 Å². The third-order valence-electron chi connectivity index (χ3n) is 6.46. The molecule has 0 aromatic carbocycles. The second-order valence-corrected chi connectivity index (χ2v) is 8.84. The van der Waals surface area contributed by atoms with E-state index in [1.807, 2.05) is 25.4 Å². The van der Waals surface area contributed by atoms with Crippen molar-refractivity contribution >= 4 is 0 Å². The number of hydrogen-bond donors (Lipinski definition) is 0. The summed E-state index contributed by atoms with van der Waals surface area (Å²) < 4.78 is 5.89. The summed E-state index contributed by atoms with van der Waals surface area (Å²) in [6, 6.07) is 9.26. The van der Waals surface area contributed by atoms with E-state index in [9.17, 15) is 0 Å². The highest BCUT2D eigenvalue weighted by Crippen LogP contribution is 2.28. The first kappa shape index (κ1) is 19.7. The van der Waals surface area contributed by atoms with Gasteiger partial charge in [0.05, 0.1) is 6.54 Å². The SMILES string of the molecule is Cc1ccc(CN(Cc2cccnc2)C[C@@H]2CCCN(C3CCCCC3)C2)o1. The van der Waals surface area contributed by atoms with Gasteiger partial charge in [0.2, 0.25) is 0 Å². The molecule has 1 atom stereocenters. The van der Waals surface area contributed by atoms with Crippen molar-refractivity contribution < 1.29 is 4.42 Å². The molecule has 0 bridgehead atoms. The molecule has 2 fully saturated rings. The first-order valence-corrected chi connectivity index (χ1v) is 11.2. The Morgan fingerprint density at radius 3 is 2.71 bits per heavy atom. The van der Waals surface area contributed by atoms with Crippen LogP contribution in [0.25, 0.3) is 0 Å². The molecule has 1 aliphatic heterocycles. The fourth-order valence-corrected chi connectivity index (χ4v) is 5.11. The van der Waals surface area contributed by atoms with Gasteiger partial charge in [-0.05, 0) is 68.8 Å². The summed E-state index contributed by atoms with van der Waals surface area (Å²) in [4.78, 5) is 9.68. The molecule has 0 radical (unpaired) electrons. The minimum absolute atomic E-state index is 0.753.